The molecule has 1 heterocycles. The third-order valence-corrected chi connectivity index (χ3v) is 4.74. The molecule has 18 heavy (non-hydrogen) atoms. The van der Waals surface area contributed by atoms with Gasteiger partial charge in [-0.3, -0.25) is 0 Å². The monoisotopic (exact) mass is 376 g/mol. The van der Waals surface area contributed by atoms with Crippen LogP contribution in [0.2, 0.25) is 0 Å². The largest absolute Gasteiger partial charge is 0.494 e. The van der Waals surface area contributed by atoms with E-state index in [1.807, 2.05) is 19.1 Å². The van der Waals surface area contributed by atoms with Gasteiger partial charge in [-0.25, -0.2) is 0 Å². The van der Waals surface area contributed by atoms with Crippen LogP contribution in [0.1, 0.15) is 37.1 Å². The molecule has 0 amide bonds. The summed E-state index contributed by atoms with van der Waals surface area (Å²) < 4.78 is 12.7. The number of ether oxygens (including phenoxy) is 2. The fraction of sp³-hybridized carbons (Fsp3) is 0.571. The number of rotatable bonds is 4. The zero-order valence-electron chi connectivity index (χ0n) is 10.7. The predicted octanol–water partition coefficient (Wildman–Crippen LogP) is 4.85. The first-order valence-electron chi connectivity index (χ1n) is 6.33. The summed E-state index contributed by atoms with van der Waals surface area (Å²) in [6, 6.07) is 6.12. The third-order valence-electron chi connectivity index (χ3n) is 3.16. The lowest BCUT2D eigenvalue weighted by Gasteiger charge is -2.21. The molecule has 1 aliphatic rings. The quantitative estimate of drug-likeness (QED) is 0.698. The normalized spacial score (nSPS) is 25.1. The van der Waals surface area contributed by atoms with E-state index in [2.05, 4.69) is 44.8 Å². The molecule has 2 rings (SSSR count). The summed E-state index contributed by atoms with van der Waals surface area (Å²) in [5.41, 5.74) is 1.16. The molecule has 4 heteroatoms. The van der Waals surface area contributed by atoms with Crippen molar-refractivity contribution in [2.45, 2.75) is 43.7 Å². The Morgan fingerprint density at radius 3 is 2.83 bits per heavy atom. The lowest BCUT2D eigenvalue weighted by Crippen LogP contribution is -2.15. The van der Waals surface area contributed by atoms with Gasteiger partial charge in [0.05, 0.1) is 23.6 Å². The maximum atomic E-state index is 5.93. The zero-order valence-corrected chi connectivity index (χ0v) is 13.8. The molecule has 1 aromatic rings. The van der Waals surface area contributed by atoms with Crippen molar-refractivity contribution < 1.29 is 9.47 Å². The summed E-state index contributed by atoms with van der Waals surface area (Å²) in [6.07, 6.45) is 2.81. The third kappa shape index (κ3) is 3.28. The molecule has 1 saturated heterocycles. The summed E-state index contributed by atoms with van der Waals surface area (Å²) in [5.74, 6) is 0.936. The highest BCUT2D eigenvalue weighted by Crippen LogP contribution is 2.41. The average Bonchev–Trinajstić information content (AvgIpc) is 2.77. The Bertz CT molecular complexity index is 409. The number of halogens is 2. The summed E-state index contributed by atoms with van der Waals surface area (Å²) in [6.45, 7) is 4.81. The lowest BCUT2D eigenvalue weighted by atomic mass is 10.0. The van der Waals surface area contributed by atoms with E-state index in [-0.39, 0.29) is 10.9 Å². The topological polar surface area (TPSA) is 18.5 Å². The van der Waals surface area contributed by atoms with Gasteiger partial charge in [-0.05, 0) is 44.9 Å². The van der Waals surface area contributed by atoms with Crippen molar-refractivity contribution in [2.24, 2.45) is 0 Å². The molecule has 1 fully saturated rings. The van der Waals surface area contributed by atoms with Gasteiger partial charge in [0.1, 0.15) is 5.75 Å². The highest BCUT2D eigenvalue weighted by Gasteiger charge is 2.30. The van der Waals surface area contributed by atoms with Gasteiger partial charge in [0.2, 0.25) is 0 Å². The van der Waals surface area contributed by atoms with E-state index in [0.717, 1.165) is 28.6 Å². The van der Waals surface area contributed by atoms with E-state index < -0.39 is 0 Å². The first kappa shape index (κ1) is 14.4. The Morgan fingerprint density at radius 1 is 1.44 bits per heavy atom. The maximum absolute atomic E-state index is 5.93. The molecule has 0 radical (unpaired) electrons. The average molecular weight is 378 g/mol. The van der Waals surface area contributed by atoms with Crippen molar-refractivity contribution in [2.75, 3.05) is 6.61 Å². The van der Waals surface area contributed by atoms with E-state index >= 15 is 0 Å². The Balaban J connectivity index is 2.22. The maximum Gasteiger partial charge on any atom is 0.123 e. The van der Waals surface area contributed by atoms with E-state index in [1.54, 1.807) is 0 Å². The first-order valence-corrected chi connectivity index (χ1v) is 8.04. The fourth-order valence-corrected chi connectivity index (χ4v) is 3.40. The number of hydrogen-bond acceptors (Lipinski definition) is 2. The molecular weight excluding hydrogens is 360 g/mol. The van der Waals surface area contributed by atoms with Crippen LogP contribution in [0, 0.1) is 0 Å². The van der Waals surface area contributed by atoms with Crippen LogP contribution in [0.15, 0.2) is 22.7 Å². The van der Waals surface area contributed by atoms with Crippen LogP contribution >= 0.6 is 31.9 Å². The standard InChI is InChI=1S/C14H18Br2O2/c1-3-17-12-7-5-10(15)8-11(12)14(16)13-6-4-9(2)18-13/h5,7-9,13-14H,3-4,6H2,1-2H3. The second-order valence-electron chi connectivity index (χ2n) is 4.58. The smallest absolute Gasteiger partial charge is 0.123 e. The molecule has 0 aliphatic carbocycles. The second kappa shape index (κ2) is 6.40. The van der Waals surface area contributed by atoms with E-state index in [9.17, 15) is 0 Å². The Morgan fingerprint density at radius 2 is 2.22 bits per heavy atom. The van der Waals surface area contributed by atoms with Crippen LogP contribution in [0.5, 0.6) is 5.75 Å². The van der Waals surface area contributed by atoms with E-state index in [1.165, 1.54) is 0 Å². The van der Waals surface area contributed by atoms with Crippen LogP contribution in [-0.4, -0.2) is 18.8 Å². The number of hydrogen-bond donors (Lipinski definition) is 0. The molecule has 0 saturated carbocycles. The van der Waals surface area contributed by atoms with Crippen LogP contribution in [-0.2, 0) is 4.74 Å². The van der Waals surface area contributed by atoms with E-state index in [4.69, 9.17) is 9.47 Å². The van der Waals surface area contributed by atoms with Crippen LogP contribution in [0.25, 0.3) is 0 Å². The van der Waals surface area contributed by atoms with Crippen molar-refractivity contribution >= 4 is 31.9 Å². The van der Waals surface area contributed by atoms with Crippen molar-refractivity contribution in [1.82, 2.24) is 0 Å². The van der Waals surface area contributed by atoms with Crippen LogP contribution in [0.3, 0.4) is 0 Å². The molecule has 1 aromatic carbocycles. The van der Waals surface area contributed by atoms with Crippen molar-refractivity contribution in [1.29, 1.82) is 0 Å². The Hall–Kier alpha value is -0.0600. The molecule has 0 bridgehead atoms. The van der Waals surface area contributed by atoms with Gasteiger partial charge in [-0.2, -0.15) is 0 Å². The molecule has 0 aromatic heterocycles. The summed E-state index contributed by atoms with van der Waals surface area (Å²) in [7, 11) is 0. The van der Waals surface area contributed by atoms with Crippen LogP contribution in [0.4, 0.5) is 0 Å². The predicted molar refractivity (Wildman–Crippen MR) is 80.5 cm³/mol. The molecule has 1 aliphatic heterocycles. The van der Waals surface area contributed by atoms with Gasteiger partial charge in [0.25, 0.3) is 0 Å². The second-order valence-corrected chi connectivity index (χ2v) is 6.48. The molecule has 0 N–H and O–H groups in total. The molecule has 100 valence electrons. The molecule has 3 unspecified atom stereocenters. The van der Waals surface area contributed by atoms with Crippen molar-refractivity contribution in [3.8, 4) is 5.75 Å². The van der Waals surface area contributed by atoms with Crippen molar-refractivity contribution in [3.05, 3.63) is 28.2 Å². The van der Waals surface area contributed by atoms with Gasteiger partial charge in [0.15, 0.2) is 0 Å². The van der Waals surface area contributed by atoms with Gasteiger partial charge in [-0.15, -0.1) is 0 Å². The van der Waals surface area contributed by atoms with Gasteiger partial charge in [0, 0.05) is 10.0 Å². The zero-order chi connectivity index (χ0) is 13.1. The summed E-state index contributed by atoms with van der Waals surface area (Å²) >= 11 is 7.29. The van der Waals surface area contributed by atoms with Crippen LogP contribution < -0.4 is 4.74 Å². The Kier molecular flexibility index (Phi) is 5.10. The van der Waals surface area contributed by atoms with Crippen molar-refractivity contribution in [3.63, 3.8) is 0 Å². The van der Waals surface area contributed by atoms with E-state index in [0.29, 0.717) is 12.7 Å². The minimum atomic E-state index is 0.182. The minimum Gasteiger partial charge on any atom is -0.494 e. The molecule has 3 atom stereocenters. The lowest BCUT2D eigenvalue weighted by molar-refractivity contribution is 0.0552. The molecule has 0 spiro atoms. The SMILES string of the molecule is CCOc1ccc(Br)cc1C(Br)C1CCC(C)O1. The highest BCUT2D eigenvalue weighted by atomic mass is 79.9. The van der Waals surface area contributed by atoms with Gasteiger partial charge < -0.3 is 9.47 Å². The molecule has 2 nitrogen and oxygen atoms in total. The fourth-order valence-electron chi connectivity index (χ4n) is 2.27. The highest BCUT2D eigenvalue weighted by molar-refractivity contribution is 9.10. The van der Waals surface area contributed by atoms with Gasteiger partial charge >= 0.3 is 0 Å². The number of benzene rings is 1. The summed E-state index contributed by atoms with van der Waals surface area (Å²) in [4.78, 5) is 0.182. The molecular formula is C14H18Br2O2. The first-order chi connectivity index (χ1) is 8.61. The summed E-state index contributed by atoms with van der Waals surface area (Å²) in [5, 5.41) is 0. The minimum absolute atomic E-state index is 0.182. The van der Waals surface area contributed by atoms with Gasteiger partial charge in [-0.1, -0.05) is 31.9 Å². The Labute approximate surface area is 125 Å². The number of alkyl halides is 1.